The number of hydrogen-bond donors (Lipinski definition) is 2. The summed E-state index contributed by atoms with van der Waals surface area (Å²) in [4.78, 5) is 20.0. The van der Waals surface area contributed by atoms with Crippen LogP contribution < -0.4 is 11.1 Å². The van der Waals surface area contributed by atoms with Crippen LogP contribution in [-0.2, 0) is 19.1 Å². The third-order valence-corrected chi connectivity index (χ3v) is 5.22. The van der Waals surface area contributed by atoms with Crippen LogP contribution in [0.5, 0.6) is 0 Å². The summed E-state index contributed by atoms with van der Waals surface area (Å²) < 4.78 is 37.8. The molecule has 0 saturated heterocycles. The molecule has 2 heterocycles. The van der Waals surface area contributed by atoms with E-state index in [0.29, 0.717) is 42.0 Å². The molecule has 0 unspecified atom stereocenters. The van der Waals surface area contributed by atoms with E-state index in [4.69, 9.17) is 5.73 Å². The highest BCUT2D eigenvalue weighted by molar-refractivity contribution is 6.06. The third-order valence-electron chi connectivity index (χ3n) is 5.22. The molecule has 0 aliphatic heterocycles. The molecule has 3 aromatic rings. The van der Waals surface area contributed by atoms with Crippen molar-refractivity contribution < 1.29 is 18.0 Å². The van der Waals surface area contributed by atoms with Crippen LogP contribution in [0.3, 0.4) is 0 Å². The largest absolute Gasteiger partial charge is 0.433 e. The van der Waals surface area contributed by atoms with Gasteiger partial charge in [-0.15, -0.1) is 0 Å². The van der Waals surface area contributed by atoms with Crippen molar-refractivity contribution >= 4 is 17.3 Å². The number of nitrogens with zero attached hydrogens (tertiary/aromatic N) is 2. The molecule has 0 amide bonds. The number of nitrogens with one attached hydrogen (secondary N) is 1. The fourth-order valence-electron chi connectivity index (χ4n) is 3.69. The zero-order valence-electron chi connectivity index (χ0n) is 16.2. The Labute approximate surface area is 171 Å². The molecule has 30 heavy (non-hydrogen) atoms. The van der Waals surface area contributed by atoms with E-state index in [-0.39, 0.29) is 5.78 Å². The molecule has 5 nitrogen and oxygen atoms in total. The van der Waals surface area contributed by atoms with Gasteiger partial charge in [0.05, 0.1) is 0 Å². The van der Waals surface area contributed by atoms with Crippen molar-refractivity contribution in [3.05, 3.63) is 70.7 Å². The SMILES string of the molecule is Cc1cc(NCc2ccc(C(F)(F)F)nc2)ncc1-c1ccc(N)c2c1CCC2=O. The summed E-state index contributed by atoms with van der Waals surface area (Å²) >= 11 is 0. The number of rotatable bonds is 4. The van der Waals surface area contributed by atoms with Gasteiger partial charge >= 0.3 is 6.18 Å². The van der Waals surface area contributed by atoms with Crippen LogP contribution in [0.4, 0.5) is 24.7 Å². The van der Waals surface area contributed by atoms with Gasteiger partial charge in [-0.2, -0.15) is 13.2 Å². The third kappa shape index (κ3) is 3.72. The normalized spacial score (nSPS) is 13.4. The second-order valence-corrected chi connectivity index (χ2v) is 7.27. The fourth-order valence-corrected chi connectivity index (χ4v) is 3.69. The summed E-state index contributed by atoms with van der Waals surface area (Å²) in [6.07, 6.45) is -0.394. The monoisotopic (exact) mass is 412 g/mol. The topological polar surface area (TPSA) is 80.9 Å². The Hall–Kier alpha value is -3.42. The van der Waals surface area contributed by atoms with Crippen molar-refractivity contribution in [3.8, 4) is 11.1 Å². The summed E-state index contributed by atoms with van der Waals surface area (Å²) in [6.45, 7) is 2.24. The van der Waals surface area contributed by atoms with Gasteiger partial charge in [-0.05, 0) is 53.8 Å². The van der Waals surface area contributed by atoms with Crippen LogP contribution in [-0.4, -0.2) is 15.8 Å². The van der Waals surface area contributed by atoms with Crippen LogP contribution in [0, 0.1) is 6.92 Å². The minimum Gasteiger partial charge on any atom is -0.398 e. The first-order valence-corrected chi connectivity index (χ1v) is 9.41. The Morgan fingerprint density at radius 1 is 1.07 bits per heavy atom. The molecule has 0 radical (unpaired) electrons. The molecule has 1 aliphatic carbocycles. The summed E-state index contributed by atoms with van der Waals surface area (Å²) in [5.41, 5.74) is 10.6. The Morgan fingerprint density at radius 3 is 2.53 bits per heavy atom. The number of ketones is 1. The van der Waals surface area contributed by atoms with Gasteiger partial charge in [0.25, 0.3) is 0 Å². The molecule has 3 N–H and O–H groups in total. The van der Waals surface area contributed by atoms with E-state index in [2.05, 4.69) is 15.3 Å². The second-order valence-electron chi connectivity index (χ2n) is 7.27. The van der Waals surface area contributed by atoms with Crippen LogP contribution >= 0.6 is 0 Å². The summed E-state index contributed by atoms with van der Waals surface area (Å²) in [6, 6.07) is 7.88. The number of nitrogens with two attached hydrogens (primary N) is 1. The van der Waals surface area contributed by atoms with Gasteiger partial charge in [-0.1, -0.05) is 12.1 Å². The number of carbonyl (C=O) groups excluding carboxylic acids is 1. The van der Waals surface area contributed by atoms with Crippen molar-refractivity contribution in [1.29, 1.82) is 0 Å². The van der Waals surface area contributed by atoms with Crippen LogP contribution in [0.2, 0.25) is 0 Å². The van der Waals surface area contributed by atoms with Gasteiger partial charge in [0, 0.05) is 42.2 Å². The zero-order valence-corrected chi connectivity index (χ0v) is 16.2. The van der Waals surface area contributed by atoms with Crippen molar-refractivity contribution in [3.63, 3.8) is 0 Å². The quantitative estimate of drug-likeness (QED) is 0.602. The first kappa shape index (κ1) is 19.9. The lowest BCUT2D eigenvalue weighted by Crippen LogP contribution is -2.09. The van der Waals surface area contributed by atoms with E-state index in [1.165, 1.54) is 12.3 Å². The van der Waals surface area contributed by atoms with Crippen LogP contribution in [0.25, 0.3) is 11.1 Å². The van der Waals surface area contributed by atoms with Gasteiger partial charge in [0.15, 0.2) is 5.78 Å². The number of alkyl halides is 3. The average Bonchev–Trinajstić information content (AvgIpc) is 3.10. The molecule has 8 heteroatoms. The number of hydrogen-bond acceptors (Lipinski definition) is 5. The summed E-state index contributed by atoms with van der Waals surface area (Å²) in [5, 5.41) is 3.10. The first-order valence-electron chi connectivity index (χ1n) is 9.41. The average molecular weight is 412 g/mol. The lowest BCUT2D eigenvalue weighted by molar-refractivity contribution is -0.141. The number of nitrogen functional groups attached to an aromatic ring is 1. The molecule has 0 atom stereocenters. The first-order chi connectivity index (χ1) is 14.2. The van der Waals surface area contributed by atoms with E-state index in [9.17, 15) is 18.0 Å². The number of carbonyl (C=O) groups is 1. The minimum atomic E-state index is -4.45. The molecular weight excluding hydrogens is 393 g/mol. The number of fused-ring (bicyclic) bond motifs is 1. The molecule has 0 saturated carbocycles. The number of pyridine rings is 2. The Morgan fingerprint density at radius 2 is 1.87 bits per heavy atom. The van der Waals surface area contributed by atoms with Crippen molar-refractivity contribution in [2.45, 2.75) is 32.5 Å². The molecule has 0 spiro atoms. The predicted molar refractivity (Wildman–Crippen MR) is 108 cm³/mol. The maximum absolute atomic E-state index is 12.6. The number of halogens is 3. The summed E-state index contributed by atoms with van der Waals surface area (Å²) in [7, 11) is 0. The Bertz CT molecular complexity index is 1120. The molecule has 0 bridgehead atoms. The van der Waals surface area contributed by atoms with Gasteiger partial charge in [0.2, 0.25) is 0 Å². The number of aryl methyl sites for hydroxylation is 1. The lowest BCUT2D eigenvalue weighted by Gasteiger charge is -2.14. The maximum atomic E-state index is 12.6. The predicted octanol–water partition coefficient (Wildman–Crippen LogP) is 4.79. The van der Waals surface area contributed by atoms with E-state index < -0.39 is 11.9 Å². The highest BCUT2D eigenvalue weighted by Crippen LogP contribution is 2.37. The second kappa shape index (κ2) is 7.44. The molecular formula is C22H19F3N4O. The molecule has 1 aromatic carbocycles. The van der Waals surface area contributed by atoms with Crippen LogP contribution in [0.1, 0.15) is 39.2 Å². The molecule has 4 rings (SSSR count). The van der Waals surface area contributed by atoms with E-state index in [1.807, 2.05) is 19.1 Å². The number of aromatic nitrogens is 2. The van der Waals surface area contributed by atoms with Gasteiger partial charge in [-0.3, -0.25) is 9.78 Å². The van der Waals surface area contributed by atoms with Gasteiger partial charge in [0.1, 0.15) is 11.5 Å². The molecule has 1 aliphatic rings. The van der Waals surface area contributed by atoms with Crippen LogP contribution in [0.15, 0.2) is 42.7 Å². The fraction of sp³-hybridized carbons (Fsp3) is 0.227. The smallest absolute Gasteiger partial charge is 0.398 e. The molecule has 0 fully saturated rings. The van der Waals surface area contributed by atoms with E-state index >= 15 is 0 Å². The highest BCUT2D eigenvalue weighted by atomic mass is 19.4. The lowest BCUT2D eigenvalue weighted by atomic mass is 9.94. The standard InChI is InChI=1S/C22H19F3N4O/c1-12-8-20(28-10-13-2-7-19(27-9-13)22(23,24)25)29-11-16(12)14-3-5-17(26)21-15(14)4-6-18(21)30/h2-3,5,7-9,11H,4,6,10,26H2,1H3,(H,28,29). The van der Waals surface area contributed by atoms with Crippen molar-refractivity contribution in [2.75, 3.05) is 11.1 Å². The molecule has 154 valence electrons. The minimum absolute atomic E-state index is 0.0680. The molecule has 2 aromatic heterocycles. The van der Waals surface area contributed by atoms with E-state index in [0.717, 1.165) is 28.3 Å². The Balaban J connectivity index is 1.53. The summed E-state index contributed by atoms with van der Waals surface area (Å²) in [5.74, 6) is 0.665. The van der Waals surface area contributed by atoms with E-state index in [1.54, 1.807) is 12.3 Å². The van der Waals surface area contributed by atoms with Gasteiger partial charge in [-0.25, -0.2) is 4.98 Å². The number of anilines is 2. The number of Topliss-reactive ketones (excluding diaryl/α,β-unsaturated/α-hetero) is 1. The zero-order chi connectivity index (χ0) is 21.5. The number of benzene rings is 1. The van der Waals surface area contributed by atoms with Crippen molar-refractivity contribution in [2.24, 2.45) is 0 Å². The van der Waals surface area contributed by atoms with Gasteiger partial charge < -0.3 is 11.1 Å². The maximum Gasteiger partial charge on any atom is 0.433 e. The van der Waals surface area contributed by atoms with Crippen molar-refractivity contribution in [1.82, 2.24) is 9.97 Å². The Kier molecular flexibility index (Phi) is 4.93. The highest BCUT2D eigenvalue weighted by Gasteiger charge is 2.32.